The molecule has 1 saturated heterocycles. The molecule has 0 unspecified atom stereocenters. The van der Waals surface area contributed by atoms with Crippen molar-refractivity contribution in [1.29, 1.82) is 0 Å². The smallest absolute Gasteiger partial charge is 0.00463 e. The number of hydrogen-bond donors (Lipinski definition) is 1. The normalized spacial score (nSPS) is 21.2. The van der Waals surface area contributed by atoms with Gasteiger partial charge in [0.15, 0.2) is 0 Å². The minimum atomic E-state index is 0.993. The van der Waals surface area contributed by atoms with Gasteiger partial charge in [-0.2, -0.15) is 0 Å². The third kappa shape index (κ3) is 3.57. The summed E-state index contributed by atoms with van der Waals surface area (Å²) < 4.78 is 0. The van der Waals surface area contributed by atoms with Crippen LogP contribution in [0.4, 0.5) is 0 Å². The van der Waals surface area contributed by atoms with E-state index in [4.69, 9.17) is 0 Å². The van der Waals surface area contributed by atoms with Gasteiger partial charge in [-0.3, -0.25) is 0 Å². The molecule has 1 nitrogen and oxygen atoms in total. The largest absolute Gasteiger partial charge is 0.317 e. The van der Waals surface area contributed by atoms with Crippen molar-refractivity contribution in [3.05, 3.63) is 12.2 Å². The third-order valence-corrected chi connectivity index (χ3v) is 2.44. The minimum Gasteiger partial charge on any atom is -0.317 e. The molecular weight excluding hydrogens is 134 g/mol. The summed E-state index contributed by atoms with van der Waals surface area (Å²) in [7, 11) is 0. The molecule has 0 amide bonds. The molecule has 1 aliphatic rings. The van der Waals surface area contributed by atoms with Gasteiger partial charge in [0.05, 0.1) is 0 Å². The lowest BCUT2D eigenvalue weighted by atomic mass is 9.93. The maximum absolute atomic E-state index is 3.39. The molecule has 0 bridgehead atoms. The summed E-state index contributed by atoms with van der Waals surface area (Å²) >= 11 is 0. The van der Waals surface area contributed by atoms with E-state index < -0.39 is 0 Å². The standard InChI is InChI=1S/C10H19N/c1-2-3-4-5-10-6-8-11-9-7-10/h2-3,10-11H,4-9H2,1H3/b3-2+. The first kappa shape index (κ1) is 8.79. The zero-order valence-electron chi connectivity index (χ0n) is 7.47. The van der Waals surface area contributed by atoms with E-state index in [-0.39, 0.29) is 0 Å². The Morgan fingerprint density at radius 3 is 2.73 bits per heavy atom. The zero-order valence-corrected chi connectivity index (χ0v) is 7.47. The highest BCUT2D eigenvalue weighted by Crippen LogP contribution is 2.17. The van der Waals surface area contributed by atoms with Gasteiger partial charge in [0, 0.05) is 0 Å². The van der Waals surface area contributed by atoms with Crippen LogP contribution in [0.25, 0.3) is 0 Å². The maximum Gasteiger partial charge on any atom is -0.00463 e. The molecule has 0 aromatic heterocycles. The average Bonchev–Trinajstić information content (AvgIpc) is 2.07. The highest BCUT2D eigenvalue weighted by molar-refractivity contribution is 4.79. The van der Waals surface area contributed by atoms with Crippen LogP contribution in [0.15, 0.2) is 12.2 Å². The van der Waals surface area contributed by atoms with Crippen LogP contribution < -0.4 is 5.32 Å². The van der Waals surface area contributed by atoms with Gasteiger partial charge in [0.25, 0.3) is 0 Å². The Morgan fingerprint density at radius 1 is 1.36 bits per heavy atom. The summed E-state index contributed by atoms with van der Waals surface area (Å²) in [6.07, 6.45) is 9.88. The van der Waals surface area contributed by atoms with E-state index in [0.29, 0.717) is 0 Å². The second-order valence-electron chi connectivity index (χ2n) is 3.34. The van der Waals surface area contributed by atoms with Crippen LogP contribution in [-0.2, 0) is 0 Å². The average molecular weight is 153 g/mol. The van der Waals surface area contributed by atoms with Crippen LogP contribution in [0.2, 0.25) is 0 Å². The van der Waals surface area contributed by atoms with Crippen molar-refractivity contribution >= 4 is 0 Å². The van der Waals surface area contributed by atoms with E-state index in [1.54, 1.807) is 0 Å². The Morgan fingerprint density at radius 2 is 2.09 bits per heavy atom. The summed E-state index contributed by atoms with van der Waals surface area (Å²) in [4.78, 5) is 0. The van der Waals surface area contributed by atoms with Crippen molar-refractivity contribution in [2.45, 2.75) is 32.6 Å². The summed E-state index contributed by atoms with van der Waals surface area (Å²) in [6, 6.07) is 0. The maximum atomic E-state index is 3.39. The molecule has 0 saturated carbocycles. The fourth-order valence-electron chi connectivity index (χ4n) is 1.67. The third-order valence-electron chi connectivity index (χ3n) is 2.44. The van der Waals surface area contributed by atoms with E-state index in [1.165, 1.54) is 38.8 Å². The molecule has 1 N–H and O–H groups in total. The SMILES string of the molecule is C/C=C/CCC1CCNCC1. The summed E-state index contributed by atoms with van der Waals surface area (Å²) in [6.45, 7) is 4.57. The minimum absolute atomic E-state index is 0.993. The molecule has 0 spiro atoms. The summed E-state index contributed by atoms with van der Waals surface area (Å²) in [5.41, 5.74) is 0. The van der Waals surface area contributed by atoms with Crippen LogP contribution >= 0.6 is 0 Å². The van der Waals surface area contributed by atoms with E-state index in [0.717, 1.165) is 5.92 Å². The van der Waals surface area contributed by atoms with Crippen LogP contribution in [0.3, 0.4) is 0 Å². The molecule has 1 heterocycles. The summed E-state index contributed by atoms with van der Waals surface area (Å²) in [5, 5.41) is 3.39. The molecule has 1 aliphatic heterocycles. The lowest BCUT2D eigenvalue weighted by Gasteiger charge is -2.21. The van der Waals surface area contributed by atoms with E-state index in [1.807, 2.05) is 0 Å². The number of rotatable bonds is 3. The van der Waals surface area contributed by atoms with Crippen LogP contribution in [-0.4, -0.2) is 13.1 Å². The Balaban J connectivity index is 2.04. The second-order valence-corrected chi connectivity index (χ2v) is 3.34. The van der Waals surface area contributed by atoms with Crippen LogP contribution in [0, 0.1) is 5.92 Å². The lowest BCUT2D eigenvalue weighted by molar-refractivity contribution is 0.356. The quantitative estimate of drug-likeness (QED) is 0.614. The van der Waals surface area contributed by atoms with Gasteiger partial charge in [-0.05, 0) is 51.6 Å². The van der Waals surface area contributed by atoms with Gasteiger partial charge in [0.2, 0.25) is 0 Å². The van der Waals surface area contributed by atoms with Crippen molar-refractivity contribution in [3.63, 3.8) is 0 Å². The van der Waals surface area contributed by atoms with Crippen molar-refractivity contribution in [2.24, 2.45) is 5.92 Å². The Kier molecular flexibility index (Phi) is 4.29. The predicted octanol–water partition coefficient (Wildman–Crippen LogP) is 2.34. The van der Waals surface area contributed by atoms with Crippen molar-refractivity contribution < 1.29 is 0 Å². The molecule has 11 heavy (non-hydrogen) atoms. The molecule has 0 aliphatic carbocycles. The van der Waals surface area contributed by atoms with E-state index in [2.05, 4.69) is 24.4 Å². The van der Waals surface area contributed by atoms with E-state index in [9.17, 15) is 0 Å². The molecule has 1 fully saturated rings. The number of allylic oxidation sites excluding steroid dienone is 2. The molecular formula is C10H19N. The monoisotopic (exact) mass is 153 g/mol. The molecule has 0 atom stereocenters. The topological polar surface area (TPSA) is 12.0 Å². The number of hydrogen-bond acceptors (Lipinski definition) is 1. The molecule has 0 aromatic rings. The van der Waals surface area contributed by atoms with Gasteiger partial charge >= 0.3 is 0 Å². The van der Waals surface area contributed by atoms with Crippen LogP contribution in [0.5, 0.6) is 0 Å². The van der Waals surface area contributed by atoms with E-state index >= 15 is 0 Å². The van der Waals surface area contributed by atoms with Crippen molar-refractivity contribution in [1.82, 2.24) is 5.32 Å². The first-order valence-corrected chi connectivity index (χ1v) is 4.75. The molecule has 0 radical (unpaired) electrons. The Hall–Kier alpha value is -0.300. The Bertz CT molecular complexity index is 112. The Labute approximate surface area is 69.9 Å². The first-order valence-electron chi connectivity index (χ1n) is 4.75. The highest BCUT2D eigenvalue weighted by Gasteiger charge is 2.10. The molecule has 64 valence electrons. The molecule has 1 heteroatoms. The second kappa shape index (κ2) is 5.36. The van der Waals surface area contributed by atoms with Gasteiger partial charge in [-0.25, -0.2) is 0 Å². The first-order chi connectivity index (χ1) is 5.43. The lowest BCUT2D eigenvalue weighted by Crippen LogP contribution is -2.27. The van der Waals surface area contributed by atoms with Gasteiger partial charge < -0.3 is 5.32 Å². The van der Waals surface area contributed by atoms with Gasteiger partial charge in [0.1, 0.15) is 0 Å². The van der Waals surface area contributed by atoms with Gasteiger partial charge in [-0.15, -0.1) is 0 Å². The molecule has 1 rings (SSSR count). The number of nitrogens with one attached hydrogen (secondary N) is 1. The highest BCUT2D eigenvalue weighted by atomic mass is 14.9. The summed E-state index contributed by atoms with van der Waals surface area (Å²) in [5.74, 6) is 0.993. The number of piperidine rings is 1. The van der Waals surface area contributed by atoms with Gasteiger partial charge in [-0.1, -0.05) is 12.2 Å². The molecule has 0 aromatic carbocycles. The van der Waals surface area contributed by atoms with Crippen LogP contribution in [0.1, 0.15) is 32.6 Å². The zero-order chi connectivity index (χ0) is 7.94. The fraction of sp³-hybridized carbons (Fsp3) is 0.800. The fourth-order valence-corrected chi connectivity index (χ4v) is 1.67. The predicted molar refractivity (Wildman–Crippen MR) is 49.6 cm³/mol. The van der Waals surface area contributed by atoms with Crippen molar-refractivity contribution in [2.75, 3.05) is 13.1 Å². The van der Waals surface area contributed by atoms with Crippen molar-refractivity contribution in [3.8, 4) is 0 Å².